The second-order valence-corrected chi connectivity index (χ2v) is 7.90. The van der Waals surface area contributed by atoms with Crippen molar-refractivity contribution in [2.45, 2.75) is 16.5 Å². The number of ketones is 1. The second-order valence-electron chi connectivity index (χ2n) is 4.85. The summed E-state index contributed by atoms with van der Waals surface area (Å²) in [6, 6.07) is 8.59. The lowest BCUT2D eigenvalue weighted by Gasteiger charge is -2.08. The molecule has 0 aliphatic rings. The van der Waals surface area contributed by atoms with Crippen LogP contribution in [0.2, 0.25) is 5.02 Å². The molecule has 0 N–H and O–H groups in total. The summed E-state index contributed by atoms with van der Waals surface area (Å²) in [5, 5.41) is 0.140. The Morgan fingerprint density at radius 3 is 2.74 bits per heavy atom. The Bertz CT molecular complexity index is 897. The number of hydrogen-bond donors (Lipinski definition) is 0. The monoisotopic (exact) mass is 369 g/mol. The third kappa shape index (κ3) is 3.54. The predicted octanol–water partition coefficient (Wildman–Crippen LogP) is 5.59. The first-order valence-electron chi connectivity index (χ1n) is 6.66. The molecular formula is C16H10ClF2NOS2. The Balaban J connectivity index is 1.80. The van der Waals surface area contributed by atoms with E-state index in [1.54, 1.807) is 19.1 Å². The molecular weight excluding hydrogens is 360 g/mol. The van der Waals surface area contributed by atoms with Crippen molar-refractivity contribution in [1.29, 1.82) is 0 Å². The van der Waals surface area contributed by atoms with Crippen molar-refractivity contribution < 1.29 is 13.6 Å². The molecule has 3 aromatic rings. The maximum atomic E-state index is 13.3. The minimum absolute atomic E-state index is 0.146. The van der Waals surface area contributed by atoms with Crippen molar-refractivity contribution in [3.8, 4) is 0 Å². The van der Waals surface area contributed by atoms with Gasteiger partial charge in [-0.05, 0) is 43.3 Å². The number of Topliss-reactive ketones (excluding diaryl/α,β-unsaturated/α-hetero) is 1. The highest BCUT2D eigenvalue weighted by Crippen LogP contribution is 2.34. The van der Waals surface area contributed by atoms with Crippen LogP contribution in [0.4, 0.5) is 8.78 Å². The highest BCUT2D eigenvalue weighted by molar-refractivity contribution is 8.02. The number of fused-ring (bicyclic) bond motifs is 1. The van der Waals surface area contributed by atoms with Gasteiger partial charge in [-0.3, -0.25) is 4.79 Å². The first-order chi connectivity index (χ1) is 10.9. The van der Waals surface area contributed by atoms with Crippen LogP contribution in [0.25, 0.3) is 10.2 Å². The van der Waals surface area contributed by atoms with Crippen molar-refractivity contribution in [3.63, 3.8) is 0 Å². The zero-order chi connectivity index (χ0) is 16.6. The fourth-order valence-electron chi connectivity index (χ4n) is 2.02. The van der Waals surface area contributed by atoms with Gasteiger partial charge in [-0.25, -0.2) is 13.8 Å². The molecule has 0 aliphatic heterocycles. The van der Waals surface area contributed by atoms with Crippen molar-refractivity contribution in [2.75, 3.05) is 0 Å². The number of thiazole rings is 1. The van der Waals surface area contributed by atoms with E-state index in [2.05, 4.69) is 4.98 Å². The molecule has 0 saturated carbocycles. The summed E-state index contributed by atoms with van der Waals surface area (Å²) in [5.74, 6) is -2.27. The van der Waals surface area contributed by atoms with Crippen molar-refractivity contribution >= 4 is 50.7 Å². The minimum Gasteiger partial charge on any atom is -0.293 e. The van der Waals surface area contributed by atoms with Gasteiger partial charge >= 0.3 is 0 Å². The van der Waals surface area contributed by atoms with Gasteiger partial charge in [-0.1, -0.05) is 23.4 Å². The van der Waals surface area contributed by atoms with Crippen LogP contribution >= 0.6 is 34.7 Å². The highest BCUT2D eigenvalue weighted by Gasteiger charge is 2.20. The quantitative estimate of drug-likeness (QED) is 0.443. The number of thioether (sulfide) groups is 1. The summed E-state index contributed by atoms with van der Waals surface area (Å²) in [4.78, 5) is 16.8. The van der Waals surface area contributed by atoms with Gasteiger partial charge in [-0.2, -0.15) is 0 Å². The predicted molar refractivity (Wildman–Crippen MR) is 90.6 cm³/mol. The standard InChI is InChI=1S/C16H10ClF2NOS2/c1-8(15(21)9-2-4-11(18)12(19)6-9)22-16-20-13-7-10(17)3-5-14(13)23-16/h2-8H,1H3/t8-/m0/s1. The molecule has 0 bridgehead atoms. The fraction of sp³-hybridized carbons (Fsp3) is 0.125. The van der Waals surface area contributed by atoms with Crippen LogP contribution in [-0.4, -0.2) is 16.0 Å². The number of benzene rings is 2. The third-order valence-corrected chi connectivity index (χ3v) is 5.65. The molecule has 2 aromatic carbocycles. The largest absolute Gasteiger partial charge is 0.293 e. The van der Waals surface area contributed by atoms with Gasteiger partial charge in [0.25, 0.3) is 0 Å². The van der Waals surface area contributed by atoms with Gasteiger partial charge in [0.1, 0.15) is 0 Å². The van der Waals surface area contributed by atoms with Gasteiger partial charge in [0.15, 0.2) is 21.8 Å². The van der Waals surface area contributed by atoms with Crippen molar-refractivity contribution in [1.82, 2.24) is 4.98 Å². The first-order valence-corrected chi connectivity index (χ1v) is 8.73. The van der Waals surface area contributed by atoms with E-state index < -0.39 is 16.9 Å². The van der Waals surface area contributed by atoms with E-state index in [-0.39, 0.29) is 11.3 Å². The van der Waals surface area contributed by atoms with Crippen LogP contribution in [0.1, 0.15) is 17.3 Å². The molecule has 0 fully saturated rings. The van der Waals surface area contributed by atoms with E-state index in [0.29, 0.717) is 5.02 Å². The first kappa shape index (κ1) is 16.4. The average molecular weight is 370 g/mol. The van der Waals surface area contributed by atoms with Crippen LogP contribution in [0.3, 0.4) is 0 Å². The molecule has 3 rings (SSSR count). The molecule has 0 aliphatic carbocycles. The highest BCUT2D eigenvalue weighted by atomic mass is 35.5. The summed E-state index contributed by atoms with van der Waals surface area (Å²) in [6.45, 7) is 1.72. The summed E-state index contributed by atoms with van der Waals surface area (Å²) in [5.41, 5.74) is 0.922. The Labute approximate surface area is 144 Å². The van der Waals surface area contributed by atoms with Crippen molar-refractivity contribution in [3.05, 3.63) is 58.6 Å². The van der Waals surface area contributed by atoms with Crippen LogP contribution in [0.15, 0.2) is 40.7 Å². The third-order valence-electron chi connectivity index (χ3n) is 3.18. The molecule has 0 radical (unpaired) electrons. The van der Waals surface area contributed by atoms with E-state index in [9.17, 15) is 13.6 Å². The zero-order valence-electron chi connectivity index (χ0n) is 11.8. The molecule has 1 aromatic heterocycles. The zero-order valence-corrected chi connectivity index (χ0v) is 14.2. The Morgan fingerprint density at radius 1 is 1.22 bits per heavy atom. The Kier molecular flexibility index (Phi) is 4.66. The lowest BCUT2D eigenvalue weighted by Crippen LogP contribution is -2.13. The number of rotatable bonds is 4. The molecule has 0 saturated heterocycles. The molecule has 23 heavy (non-hydrogen) atoms. The van der Waals surface area contributed by atoms with E-state index in [1.165, 1.54) is 29.2 Å². The molecule has 7 heteroatoms. The number of aromatic nitrogens is 1. The molecule has 2 nitrogen and oxygen atoms in total. The lowest BCUT2D eigenvalue weighted by atomic mass is 10.1. The van der Waals surface area contributed by atoms with E-state index in [1.807, 2.05) is 6.07 Å². The normalized spacial score (nSPS) is 12.5. The number of hydrogen-bond acceptors (Lipinski definition) is 4. The SMILES string of the molecule is C[C@H](Sc1nc2cc(Cl)ccc2s1)C(=O)c1ccc(F)c(F)c1. The van der Waals surface area contributed by atoms with Gasteiger partial charge in [-0.15, -0.1) is 11.3 Å². The second kappa shape index (κ2) is 6.55. The van der Waals surface area contributed by atoms with E-state index in [4.69, 9.17) is 11.6 Å². The van der Waals surface area contributed by atoms with Crippen molar-refractivity contribution in [2.24, 2.45) is 0 Å². The van der Waals surface area contributed by atoms with Crippen LogP contribution < -0.4 is 0 Å². The summed E-state index contributed by atoms with van der Waals surface area (Å²) in [7, 11) is 0. The molecule has 118 valence electrons. The summed E-state index contributed by atoms with van der Waals surface area (Å²) in [6.07, 6.45) is 0. The molecule has 1 atom stereocenters. The number of halogens is 3. The average Bonchev–Trinajstić information content (AvgIpc) is 2.90. The number of nitrogens with zero attached hydrogens (tertiary/aromatic N) is 1. The maximum Gasteiger partial charge on any atom is 0.176 e. The lowest BCUT2D eigenvalue weighted by molar-refractivity contribution is 0.0993. The van der Waals surface area contributed by atoms with Crippen LogP contribution in [-0.2, 0) is 0 Å². The van der Waals surface area contributed by atoms with Crippen LogP contribution in [0, 0.1) is 11.6 Å². The molecule has 0 amide bonds. The van der Waals surface area contributed by atoms with Gasteiger partial charge < -0.3 is 0 Å². The fourth-order valence-corrected chi connectivity index (χ4v) is 4.45. The van der Waals surface area contributed by atoms with Gasteiger partial charge in [0.2, 0.25) is 0 Å². The Morgan fingerprint density at radius 2 is 2.00 bits per heavy atom. The smallest absolute Gasteiger partial charge is 0.176 e. The van der Waals surface area contributed by atoms with Crippen LogP contribution in [0.5, 0.6) is 0 Å². The maximum absolute atomic E-state index is 13.3. The number of carbonyl (C=O) groups is 1. The van der Waals surface area contributed by atoms with Gasteiger partial charge in [0, 0.05) is 10.6 Å². The van der Waals surface area contributed by atoms with E-state index in [0.717, 1.165) is 26.7 Å². The Hall–Kier alpha value is -1.50. The minimum atomic E-state index is -1.03. The topological polar surface area (TPSA) is 30.0 Å². The molecule has 0 unspecified atom stereocenters. The van der Waals surface area contributed by atoms with Gasteiger partial charge in [0.05, 0.1) is 15.5 Å². The summed E-state index contributed by atoms with van der Waals surface area (Å²) < 4.78 is 27.9. The number of carbonyl (C=O) groups excluding carboxylic acids is 1. The summed E-state index contributed by atoms with van der Waals surface area (Å²) >= 11 is 8.68. The molecule has 0 spiro atoms. The van der Waals surface area contributed by atoms with E-state index >= 15 is 0 Å². The molecule has 1 heterocycles.